The van der Waals surface area contributed by atoms with Crippen LogP contribution >= 0.6 is 0 Å². The van der Waals surface area contributed by atoms with Gasteiger partial charge in [-0.15, -0.1) is 5.10 Å². The van der Waals surface area contributed by atoms with E-state index in [0.29, 0.717) is 12.6 Å². The Morgan fingerprint density at radius 1 is 1.22 bits per heavy atom. The minimum absolute atomic E-state index is 0.0305. The van der Waals surface area contributed by atoms with Gasteiger partial charge >= 0.3 is 0 Å². The van der Waals surface area contributed by atoms with E-state index in [1.165, 1.54) is 4.90 Å². The molecule has 1 aliphatic heterocycles. The number of para-hydroxylation sites is 1. The van der Waals surface area contributed by atoms with E-state index in [1.54, 1.807) is 7.11 Å². The van der Waals surface area contributed by atoms with Crippen molar-refractivity contribution in [3.8, 4) is 5.75 Å². The molecule has 140 valence electrons. The molecule has 4 rings (SSSR count). The predicted octanol–water partition coefficient (Wildman–Crippen LogP) is 1.30. The maximum Gasteiger partial charge on any atom is 0.279 e. The fraction of sp³-hybridized carbons (Fsp3) is 0.350. The molecule has 1 fully saturated rings. The van der Waals surface area contributed by atoms with Crippen molar-refractivity contribution in [3.63, 3.8) is 0 Å². The van der Waals surface area contributed by atoms with Crippen molar-refractivity contribution in [1.29, 1.82) is 0 Å². The molecule has 2 heterocycles. The number of carbonyl (C=O) groups excluding carboxylic acids is 1. The number of benzene rings is 2. The summed E-state index contributed by atoms with van der Waals surface area (Å²) in [6.45, 7) is 2.37. The summed E-state index contributed by atoms with van der Waals surface area (Å²) in [5.41, 5.74) is 2.79. The van der Waals surface area contributed by atoms with Gasteiger partial charge in [-0.1, -0.05) is 23.4 Å². The quantitative estimate of drug-likeness (QED) is 0.714. The van der Waals surface area contributed by atoms with Gasteiger partial charge in [-0.05, 0) is 24.3 Å². The van der Waals surface area contributed by atoms with Gasteiger partial charge < -0.3 is 15.0 Å². The topological polar surface area (TPSA) is 73.5 Å². The highest BCUT2D eigenvalue weighted by Gasteiger charge is 2.26. The average Bonchev–Trinajstić information content (AvgIpc) is 3.13. The molecule has 3 aromatic rings. The molecule has 7 nitrogen and oxygen atoms in total. The van der Waals surface area contributed by atoms with Gasteiger partial charge in [0.2, 0.25) is 0 Å². The molecule has 1 aromatic heterocycles. The van der Waals surface area contributed by atoms with Crippen LogP contribution in [0.5, 0.6) is 5.75 Å². The number of piperidine rings is 1. The van der Waals surface area contributed by atoms with Gasteiger partial charge in [0.1, 0.15) is 11.3 Å². The molecule has 1 aliphatic rings. The molecule has 2 aromatic carbocycles. The number of carbonyl (C=O) groups is 1. The third kappa shape index (κ3) is 3.93. The van der Waals surface area contributed by atoms with Crippen LogP contribution in [0, 0.1) is 0 Å². The lowest BCUT2D eigenvalue weighted by molar-refractivity contribution is -0.897. The molecule has 0 saturated carbocycles. The number of rotatable bonds is 5. The monoisotopic (exact) mass is 366 g/mol. The second-order valence-electron chi connectivity index (χ2n) is 6.96. The number of methoxy groups -OCH3 is 1. The highest BCUT2D eigenvalue weighted by atomic mass is 16.5. The van der Waals surface area contributed by atoms with E-state index in [-0.39, 0.29) is 5.91 Å². The number of nitrogens with zero attached hydrogens (tertiary/aromatic N) is 3. The van der Waals surface area contributed by atoms with E-state index in [2.05, 4.69) is 21.7 Å². The lowest BCUT2D eigenvalue weighted by Gasteiger charge is -2.29. The summed E-state index contributed by atoms with van der Waals surface area (Å²) in [6.07, 6.45) is 1.99. The summed E-state index contributed by atoms with van der Waals surface area (Å²) in [7, 11) is 1.62. The van der Waals surface area contributed by atoms with Crippen molar-refractivity contribution < 1.29 is 14.4 Å². The zero-order valence-electron chi connectivity index (χ0n) is 15.4. The maximum atomic E-state index is 12.4. The van der Waals surface area contributed by atoms with Crippen LogP contribution in [0.25, 0.3) is 11.0 Å². The van der Waals surface area contributed by atoms with Crippen LogP contribution in [0.3, 0.4) is 0 Å². The molecule has 0 bridgehead atoms. The van der Waals surface area contributed by atoms with Gasteiger partial charge in [0.15, 0.2) is 6.54 Å². The molecule has 1 amide bonds. The molecule has 1 saturated heterocycles. The van der Waals surface area contributed by atoms with Crippen molar-refractivity contribution in [2.75, 3.05) is 32.1 Å². The van der Waals surface area contributed by atoms with E-state index in [1.807, 2.05) is 47.1 Å². The Balaban J connectivity index is 1.32. The van der Waals surface area contributed by atoms with Crippen LogP contribution < -0.4 is 15.0 Å². The molecule has 27 heavy (non-hydrogen) atoms. The smallest absolute Gasteiger partial charge is 0.279 e. The Hall–Kier alpha value is -2.93. The molecule has 0 aliphatic carbocycles. The lowest BCUT2D eigenvalue weighted by atomic mass is 10.0. The van der Waals surface area contributed by atoms with Gasteiger partial charge in [0, 0.05) is 24.6 Å². The Morgan fingerprint density at radius 3 is 2.85 bits per heavy atom. The van der Waals surface area contributed by atoms with Crippen molar-refractivity contribution in [2.24, 2.45) is 0 Å². The highest BCUT2D eigenvalue weighted by molar-refractivity contribution is 5.91. The molecule has 0 radical (unpaired) electrons. The maximum absolute atomic E-state index is 12.4. The van der Waals surface area contributed by atoms with Crippen molar-refractivity contribution in [2.45, 2.75) is 18.9 Å². The first-order chi connectivity index (χ1) is 13.2. The Labute approximate surface area is 157 Å². The number of aromatic nitrogens is 3. The van der Waals surface area contributed by atoms with Crippen LogP contribution in [0.15, 0.2) is 48.5 Å². The van der Waals surface area contributed by atoms with Crippen molar-refractivity contribution in [3.05, 3.63) is 48.5 Å². The van der Waals surface area contributed by atoms with Crippen LogP contribution in [0.1, 0.15) is 18.9 Å². The number of nitrogens with one attached hydrogen (secondary N) is 2. The number of ether oxygens (including phenoxy) is 1. The summed E-state index contributed by atoms with van der Waals surface area (Å²) in [6, 6.07) is 15.8. The summed E-state index contributed by atoms with van der Waals surface area (Å²) in [4.78, 5) is 13.7. The summed E-state index contributed by atoms with van der Waals surface area (Å²) >= 11 is 0. The zero-order valence-corrected chi connectivity index (χ0v) is 15.4. The summed E-state index contributed by atoms with van der Waals surface area (Å²) < 4.78 is 7.24. The number of amides is 1. The van der Waals surface area contributed by atoms with Crippen LogP contribution in [-0.2, 0) is 4.79 Å². The fourth-order valence-electron chi connectivity index (χ4n) is 3.72. The first-order valence-electron chi connectivity index (χ1n) is 9.30. The molecule has 2 N–H and O–H groups in total. The largest absolute Gasteiger partial charge is 0.497 e. The minimum atomic E-state index is 0.0305. The second kappa shape index (κ2) is 7.75. The van der Waals surface area contributed by atoms with Crippen LogP contribution in [0.4, 0.5) is 5.69 Å². The second-order valence-corrected chi connectivity index (χ2v) is 6.96. The first kappa shape index (κ1) is 17.5. The van der Waals surface area contributed by atoms with E-state index in [9.17, 15) is 4.79 Å². The molecule has 0 spiro atoms. The molecule has 0 unspecified atom stereocenters. The van der Waals surface area contributed by atoms with Gasteiger partial charge in [-0.3, -0.25) is 4.79 Å². The average molecular weight is 366 g/mol. The standard InChI is InChI=1S/C20H23N5O2/c1-27-17-6-4-5-15(13-17)21-20(26)14-24-11-9-16(10-12-24)25-19-8-3-2-7-18(19)22-23-25/h2-8,13,16H,9-12,14H2,1H3,(H,21,26)/p+1. The number of fused-ring (bicyclic) bond motifs is 1. The molecule has 7 heteroatoms. The first-order valence-corrected chi connectivity index (χ1v) is 9.30. The fourth-order valence-corrected chi connectivity index (χ4v) is 3.72. The van der Waals surface area contributed by atoms with Crippen LogP contribution in [0.2, 0.25) is 0 Å². The van der Waals surface area contributed by atoms with E-state index in [0.717, 1.165) is 48.4 Å². The van der Waals surface area contributed by atoms with E-state index < -0.39 is 0 Å². The van der Waals surface area contributed by atoms with E-state index in [4.69, 9.17) is 4.74 Å². The third-order valence-electron chi connectivity index (χ3n) is 5.15. The van der Waals surface area contributed by atoms with Gasteiger partial charge in [-0.25, -0.2) is 4.68 Å². The molecule has 0 atom stereocenters. The number of quaternary nitrogens is 1. The van der Waals surface area contributed by atoms with Crippen molar-refractivity contribution >= 4 is 22.6 Å². The van der Waals surface area contributed by atoms with Gasteiger partial charge in [-0.2, -0.15) is 0 Å². The normalized spacial score (nSPS) is 19.7. The number of anilines is 1. The Morgan fingerprint density at radius 2 is 2.04 bits per heavy atom. The lowest BCUT2D eigenvalue weighted by Crippen LogP contribution is -3.14. The van der Waals surface area contributed by atoms with Gasteiger partial charge in [0.25, 0.3) is 5.91 Å². The van der Waals surface area contributed by atoms with E-state index >= 15 is 0 Å². The molecular weight excluding hydrogens is 342 g/mol. The molecular formula is C20H24N5O2+. The highest BCUT2D eigenvalue weighted by Crippen LogP contribution is 2.21. The zero-order chi connectivity index (χ0) is 18.6. The number of hydrogen-bond donors (Lipinski definition) is 2. The summed E-state index contributed by atoms with van der Waals surface area (Å²) in [5, 5.41) is 11.6. The third-order valence-corrected chi connectivity index (χ3v) is 5.15. The van der Waals surface area contributed by atoms with Crippen molar-refractivity contribution in [1.82, 2.24) is 15.0 Å². The Kier molecular flexibility index (Phi) is 5.02. The predicted molar refractivity (Wildman–Crippen MR) is 103 cm³/mol. The number of likely N-dealkylation sites (tertiary alicyclic amines) is 1. The number of hydrogen-bond acceptors (Lipinski definition) is 4. The minimum Gasteiger partial charge on any atom is -0.497 e. The Bertz CT molecular complexity index is 931. The van der Waals surface area contributed by atoms with Gasteiger partial charge in [0.05, 0.1) is 31.8 Å². The summed E-state index contributed by atoms with van der Waals surface area (Å²) in [5.74, 6) is 0.768. The SMILES string of the molecule is COc1cccc(NC(=O)C[NH+]2CCC(n3nnc4ccccc43)CC2)c1. The van der Waals surface area contributed by atoms with Crippen LogP contribution in [-0.4, -0.2) is 47.6 Å².